The second kappa shape index (κ2) is 7.29. The van der Waals surface area contributed by atoms with Gasteiger partial charge in [-0.1, -0.05) is 41.9 Å². The lowest BCUT2D eigenvalue weighted by molar-refractivity contribution is -0.137. The van der Waals surface area contributed by atoms with Crippen molar-refractivity contribution < 1.29 is 22.7 Å². The van der Waals surface area contributed by atoms with Gasteiger partial charge in [-0.05, 0) is 36.6 Å². The molecular formula is C19H17ClF3NO2. The zero-order chi connectivity index (χ0) is 18.8. The molecule has 0 atom stereocenters. The summed E-state index contributed by atoms with van der Waals surface area (Å²) in [5.74, 6) is -0.381. The van der Waals surface area contributed by atoms with E-state index in [-0.39, 0.29) is 16.6 Å². The van der Waals surface area contributed by atoms with Crippen molar-refractivity contribution in [1.29, 1.82) is 0 Å². The number of nitrogens with one attached hydrogen (secondary N) is 1. The van der Waals surface area contributed by atoms with Crippen molar-refractivity contribution in [2.24, 2.45) is 0 Å². The molecule has 1 aliphatic heterocycles. The van der Waals surface area contributed by atoms with Crippen LogP contribution in [0.5, 0.6) is 0 Å². The molecule has 7 heteroatoms. The minimum atomic E-state index is -4.51. The van der Waals surface area contributed by atoms with Crippen LogP contribution in [0.2, 0.25) is 5.02 Å². The molecular weight excluding hydrogens is 367 g/mol. The zero-order valence-corrected chi connectivity index (χ0v) is 14.5. The van der Waals surface area contributed by atoms with Crippen LogP contribution in [0.3, 0.4) is 0 Å². The Kier molecular flexibility index (Phi) is 5.25. The summed E-state index contributed by atoms with van der Waals surface area (Å²) in [6, 6.07) is 12.1. The first-order valence-corrected chi connectivity index (χ1v) is 8.52. The minimum Gasteiger partial charge on any atom is -0.381 e. The van der Waals surface area contributed by atoms with E-state index in [1.807, 2.05) is 30.3 Å². The summed E-state index contributed by atoms with van der Waals surface area (Å²) >= 11 is 6.01. The third-order valence-corrected chi connectivity index (χ3v) is 4.98. The first kappa shape index (κ1) is 18.7. The second-order valence-electron chi connectivity index (χ2n) is 6.21. The molecule has 2 aromatic carbocycles. The van der Waals surface area contributed by atoms with Crippen LogP contribution >= 0.6 is 11.6 Å². The Balaban J connectivity index is 1.94. The maximum absolute atomic E-state index is 13.1. The predicted molar refractivity (Wildman–Crippen MR) is 93.3 cm³/mol. The van der Waals surface area contributed by atoms with Gasteiger partial charge in [0, 0.05) is 13.2 Å². The summed E-state index contributed by atoms with van der Waals surface area (Å²) in [5.41, 5.74) is -0.966. The van der Waals surface area contributed by atoms with Crippen LogP contribution in [0.15, 0.2) is 48.5 Å². The SMILES string of the molecule is O=C(Nc1cc(C(F)(F)F)ccc1Cl)C1(c2ccccc2)CCOCC1. The largest absolute Gasteiger partial charge is 0.416 e. The Bertz CT molecular complexity index is 787. The topological polar surface area (TPSA) is 38.3 Å². The van der Waals surface area contributed by atoms with Gasteiger partial charge in [0.25, 0.3) is 0 Å². The van der Waals surface area contributed by atoms with Crippen LogP contribution in [0.4, 0.5) is 18.9 Å². The predicted octanol–water partition coefficient (Wildman–Crippen LogP) is 5.05. The average Bonchev–Trinajstić information content (AvgIpc) is 2.64. The van der Waals surface area contributed by atoms with Crippen molar-refractivity contribution in [2.75, 3.05) is 18.5 Å². The molecule has 0 aromatic heterocycles. The molecule has 0 unspecified atom stereocenters. The van der Waals surface area contributed by atoms with Crippen molar-refractivity contribution in [2.45, 2.75) is 24.4 Å². The normalized spacial score (nSPS) is 16.9. The lowest BCUT2D eigenvalue weighted by Gasteiger charge is -2.36. The zero-order valence-electron chi connectivity index (χ0n) is 13.8. The number of hydrogen-bond donors (Lipinski definition) is 1. The Morgan fingerprint density at radius 2 is 1.73 bits per heavy atom. The monoisotopic (exact) mass is 383 g/mol. The fourth-order valence-corrected chi connectivity index (χ4v) is 3.33. The van der Waals surface area contributed by atoms with Gasteiger partial charge in [0.05, 0.1) is 21.7 Å². The number of benzene rings is 2. The lowest BCUT2D eigenvalue weighted by atomic mass is 9.73. The van der Waals surface area contributed by atoms with Gasteiger partial charge in [-0.15, -0.1) is 0 Å². The molecule has 1 aliphatic rings. The molecule has 1 fully saturated rings. The fraction of sp³-hybridized carbons (Fsp3) is 0.316. The highest BCUT2D eigenvalue weighted by molar-refractivity contribution is 6.33. The highest BCUT2D eigenvalue weighted by atomic mass is 35.5. The Labute approximate surface area is 154 Å². The number of hydrogen-bond acceptors (Lipinski definition) is 2. The summed E-state index contributed by atoms with van der Waals surface area (Å²) in [4.78, 5) is 13.1. The highest BCUT2D eigenvalue weighted by Crippen LogP contribution is 2.38. The fourth-order valence-electron chi connectivity index (χ4n) is 3.16. The molecule has 0 saturated carbocycles. The Morgan fingerprint density at radius 1 is 1.08 bits per heavy atom. The maximum atomic E-state index is 13.1. The minimum absolute atomic E-state index is 0.0479. The Morgan fingerprint density at radius 3 is 2.35 bits per heavy atom. The number of carbonyl (C=O) groups is 1. The van der Waals surface area contributed by atoms with Gasteiger partial charge in [-0.3, -0.25) is 4.79 Å². The van der Waals surface area contributed by atoms with E-state index in [1.165, 1.54) is 0 Å². The number of carbonyl (C=O) groups excluding carboxylic acids is 1. The number of ether oxygens (including phenoxy) is 1. The van der Waals surface area contributed by atoms with Gasteiger partial charge in [0.1, 0.15) is 0 Å². The molecule has 0 spiro atoms. The molecule has 1 saturated heterocycles. The molecule has 1 N–H and O–H groups in total. The molecule has 0 radical (unpaired) electrons. The number of halogens is 4. The van der Waals surface area contributed by atoms with E-state index in [2.05, 4.69) is 5.32 Å². The van der Waals surface area contributed by atoms with Gasteiger partial charge < -0.3 is 10.1 Å². The van der Waals surface area contributed by atoms with Crippen LogP contribution in [-0.2, 0) is 21.1 Å². The van der Waals surface area contributed by atoms with E-state index in [0.29, 0.717) is 26.1 Å². The molecule has 1 heterocycles. The molecule has 3 nitrogen and oxygen atoms in total. The van der Waals surface area contributed by atoms with Gasteiger partial charge in [0.2, 0.25) is 5.91 Å². The van der Waals surface area contributed by atoms with E-state index in [4.69, 9.17) is 16.3 Å². The third kappa shape index (κ3) is 3.71. The molecule has 0 bridgehead atoms. The molecule has 26 heavy (non-hydrogen) atoms. The van der Waals surface area contributed by atoms with Crippen molar-refractivity contribution in [3.63, 3.8) is 0 Å². The van der Waals surface area contributed by atoms with Crippen molar-refractivity contribution in [3.05, 3.63) is 64.7 Å². The number of alkyl halides is 3. The van der Waals surface area contributed by atoms with Crippen LogP contribution in [0.25, 0.3) is 0 Å². The maximum Gasteiger partial charge on any atom is 0.416 e. The van der Waals surface area contributed by atoms with Crippen LogP contribution < -0.4 is 5.32 Å². The van der Waals surface area contributed by atoms with Crippen molar-refractivity contribution >= 4 is 23.2 Å². The van der Waals surface area contributed by atoms with E-state index < -0.39 is 17.2 Å². The average molecular weight is 384 g/mol. The van der Waals surface area contributed by atoms with Crippen molar-refractivity contribution in [3.8, 4) is 0 Å². The first-order valence-electron chi connectivity index (χ1n) is 8.14. The number of anilines is 1. The molecule has 2 aromatic rings. The molecule has 3 rings (SSSR count). The van der Waals surface area contributed by atoms with E-state index in [0.717, 1.165) is 23.8 Å². The summed E-state index contributed by atoms with van der Waals surface area (Å²) in [6.07, 6.45) is -3.63. The van der Waals surface area contributed by atoms with Crippen LogP contribution in [-0.4, -0.2) is 19.1 Å². The number of rotatable bonds is 3. The molecule has 138 valence electrons. The van der Waals surface area contributed by atoms with Crippen LogP contribution in [0, 0.1) is 0 Å². The highest BCUT2D eigenvalue weighted by Gasteiger charge is 2.42. The van der Waals surface area contributed by atoms with E-state index >= 15 is 0 Å². The quantitative estimate of drug-likeness (QED) is 0.805. The molecule has 0 aliphatic carbocycles. The summed E-state index contributed by atoms with van der Waals surface area (Å²) < 4.78 is 44.3. The lowest BCUT2D eigenvalue weighted by Crippen LogP contribution is -2.44. The summed E-state index contributed by atoms with van der Waals surface area (Å²) in [6.45, 7) is 0.803. The van der Waals surface area contributed by atoms with Crippen LogP contribution in [0.1, 0.15) is 24.0 Å². The number of amides is 1. The summed E-state index contributed by atoms with van der Waals surface area (Å²) in [5, 5.41) is 2.66. The summed E-state index contributed by atoms with van der Waals surface area (Å²) in [7, 11) is 0. The van der Waals surface area contributed by atoms with Gasteiger partial charge in [0.15, 0.2) is 0 Å². The van der Waals surface area contributed by atoms with E-state index in [1.54, 1.807) is 0 Å². The van der Waals surface area contributed by atoms with E-state index in [9.17, 15) is 18.0 Å². The van der Waals surface area contributed by atoms with Gasteiger partial charge in [-0.25, -0.2) is 0 Å². The second-order valence-corrected chi connectivity index (χ2v) is 6.61. The van der Waals surface area contributed by atoms with Gasteiger partial charge >= 0.3 is 6.18 Å². The smallest absolute Gasteiger partial charge is 0.381 e. The standard InChI is InChI=1S/C19H17ClF3NO2/c20-15-7-6-14(19(21,22)23)12-16(15)24-17(25)18(8-10-26-11-9-18)13-4-2-1-3-5-13/h1-7,12H,8-11H2,(H,24,25). The Hall–Kier alpha value is -2.05. The first-order chi connectivity index (χ1) is 12.3. The third-order valence-electron chi connectivity index (χ3n) is 4.65. The van der Waals surface area contributed by atoms with Crippen molar-refractivity contribution in [1.82, 2.24) is 0 Å². The molecule has 1 amide bonds. The van der Waals surface area contributed by atoms with Gasteiger partial charge in [-0.2, -0.15) is 13.2 Å².